The van der Waals surface area contributed by atoms with Crippen molar-refractivity contribution < 1.29 is 4.74 Å². The van der Waals surface area contributed by atoms with Gasteiger partial charge in [-0.1, -0.05) is 0 Å². The first-order valence-electron chi connectivity index (χ1n) is 2.76. The van der Waals surface area contributed by atoms with Crippen LogP contribution in [0, 0.1) is 0 Å². The van der Waals surface area contributed by atoms with Crippen LogP contribution in [0.4, 0.5) is 0 Å². The monoisotopic (exact) mass is 135 g/mol. The second kappa shape index (κ2) is 1.87. The van der Waals surface area contributed by atoms with E-state index in [1.807, 2.05) is 0 Å². The third kappa shape index (κ3) is 0.642. The van der Waals surface area contributed by atoms with Gasteiger partial charge in [0.1, 0.15) is 0 Å². The zero-order chi connectivity index (χ0) is 4.74. The van der Waals surface area contributed by atoms with Crippen molar-refractivity contribution in [1.82, 2.24) is 5.32 Å². The molecule has 0 amide bonds. The summed E-state index contributed by atoms with van der Waals surface area (Å²) in [4.78, 5) is 0. The van der Waals surface area contributed by atoms with Crippen LogP contribution in [0.1, 0.15) is 6.42 Å². The lowest BCUT2D eigenvalue weighted by molar-refractivity contribution is -0.173. The molecule has 2 aliphatic heterocycles. The Kier molecular flexibility index (Phi) is 1.48. The maximum atomic E-state index is 5.29. The molecule has 0 aromatic rings. The third-order valence-corrected chi connectivity index (χ3v) is 1.86. The van der Waals surface area contributed by atoms with E-state index in [9.17, 15) is 0 Å². The Morgan fingerprint density at radius 3 is 2.00 bits per heavy atom. The molecular formula is C5H10ClNO. The average Bonchev–Trinajstić information content (AvgIpc) is 1.20. The van der Waals surface area contributed by atoms with Crippen molar-refractivity contribution >= 4 is 12.4 Å². The molecule has 1 spiro atoms. The maximum absolute atomic E-state index is 5.29. The fraction of sp³-hybridized carbons (Fsp3) is 1.00. The number of hydrogen-bond acceptors (Lipinski definition) is 2. The second-order valence-electron chi connectivity index (χ2n) is 2.39. The van der Waals surface area contributed by atoms with Gasteiger partial charge in [0.2, 0.25) is 0 Å². The molecule has 0 aliphatic carbocycles. The summed E-state index contributed by atoms with van der Waals surface area (Å²) in [6.07, 6.45) is 1.28. The van der Waals surface area contributed by atoms with Gasteiger partial charge in [0.05, 0.1) is 12.2 Å². The van der Waals surface area contributed by atoms with Crippen LogP contribution in [0.5, 0.6) is 0 Å². The van der Waals surface area contributed by atoms with Crippen LogP contribution in [-0.4, -0.2) is 25.3 Å². The third-order valence-electron chi connectivity index (χ3n) is 1.86. The van der Waals surface area contributed by atoms with E-state index in [0.29, 0.717) is 5.60 Å². The molecule has 2 nitrogen and oxygen atoms in total. The summed E-state index contributed by atoms with van der Waals surface area (Å²) < 4.78 is 5.29. The first-order chi connectivity index (χ1) is 3.41. The van der Waals surface area contributed by atoms with Crippen molar-refractivity contribution in [3.63, 3.8) is 0 Å². The lowest BCUT2D eigenvalue weighted by Crippen LogP contribution is -2.66. The molecule has 0 aromatic carbocycles. The van der Waals surface area contributed by atoms with Crippen LogP contribution in [0.25, 0.3) is 0 Å². The molecule has 48 valence electrons. The van der Waals surface area contributed by atoms with E-state index < -0.39 is 0 Å². The summed E-state index contributed by atoms with van der Waals surface area (Å²) in [5.41, 5.74) is 0.333. The van der Waals surface area contributed by atoms with Gasteiger partial charge in [-0.3, -0.25) is 0 Å². The molecule has 8 heavy (non-hydrogen) atoms. The van der Waals surface area contributed by atoms with Crippen molar-refractivity contribution in [2.45, 2.75) is 12.0 Å². The summed E-state index contributed by atoms with van der Waals surface area (Å²) in [6.45, 7) is 3.17. The highest BCUT2D eigenvalue weighted by molar-refractivity contribution is 5.85. The van der Waals surface area contributed by atoms with E-state index in [1.165, 1.54) is 6.42 Å². The summed E-state index contributed by atoms with van der Waals surface area (Å²) in [6, 6.07) is 0. The Hall–Kier alpha value is 0.210. The minimum atomic E-state index is 0. The molecule has 2 fully saturated rings. The molecule has 0 bridgehead atoms. The first kappa shape index (κ1) is 6.33. The Morgan fingerprint density at radius 2 is 2.00 bits per heavy atom. The summed E-state index contributed by atoms with van der Waals surface area (Å²) in [5.74, 6) is 0. The SMILES string of the molecule is C1CC2(CNC2)O1.Cl. The molecule has 1 N–H and O–H groups in total. The maximum Gasteiger partial charge on any atom is 0.0951 e. The van der Waals surface area contributed by atoms with E-state index in [-0.39, 0.29) is 12.4 Å². The van der Waals surface area contributed by atoms with E-state index in [4.69, 9.17) is 4.74 Å². The summed E-state index contributed by atoms with van der Waals surface area (Å²) in [7, 11) is 0. The standard InChI is InChI=1S/C5H9NO.ClH/c1-2-7-5(1)3-6-4-5;/h6H,1-4H2;1H. The average molecular weight is 136 g/mol. The van der Waals surface area contributed by atoms with Crippen molar-refractivity contribution in [3.05, 3.63) is 0 Å². The van der Waals surface area contributed by atoms with E-state index in [2.05, 4.69) is 5.32 Å². The summed E-state index contributed by atoms with van der Waals surface area (Å²) in [5, 5.41) is 3.18. The van der Waals surface area contributed by atoms with Crippen LogP contribution in [0.2, 0.25) is 0 Å². The van der Waals surface area contributed by atoms with Crippen LogP contribution in [0.3, 0.4) is 0 Å². The first-order valence-corrected chi connectivity index (χ1v) is 2.76. The van der Waals surface area contributed by atoms with Crippen molar-refractivity contribution in [3.8, 4) is 0 Å². The van der Waals surface area contributed by atoms with Crippen molar-refractivity contribution in [2.24, 2.45) is 0 Å². The van der Waals surface area contributed by atoms with E-state index in [0.717, 1.165) is 19.7 Å². The normalized spacial score (nSPS) is 30.0. The Morgan fingerprint density at radius 1 is 1.38 bits per heavy atom. The highest BCUT2D eigenvalue weighted by Gasteiger charge is 2.43. The molecule has 2 heterocycles. The number of ether oxygens (including phenoxy) is 1. The topological polar surface area (TPSA) is 21.3 Å². The molecule has 3 heteroatoms. The zero-order valence-electron chi connectivity index (χ0n) is 4.64. The van der Waals surface area contributed by atoms with Gasteiger partial charge < -0.3 is 10.1 Å². The van der Waals surface area contributed by atoms with Gasteiger partial charge in [-0.25, -0.2) is 0 Å². The van der Waals surface area contributed by atoms with Crippen molar-refractivity contribution in [1.29, 1.82) is 0 Å². The van der Waals surface area contributed by atoms with Crippen LogP contribution in [0.15, 0.2) is 0 Å². The van der Waals surface area contributed by atoms with Gasteiger partial charge in [-0.15, -0.1) is 12.4 Å². The van der Waals surface area contributed by atoms with Crippen LogP contribution in [-0.2, 0) is 4.74 Å². The number of nitrogens with one attached hydrogen (secondary N) is 1. The minimum Gasteiger partial charge on any atom is -0.372 e. The van der Waals surface area contributed by atoms with Gasteiger partial charge in [-0.2, -0.15) is 0 Å². The van der Waals surface area contributed by atoms with Gasteiger partial charge in [0, 0.05) is 19.5 Å². The number of rotatable bonds is 0. The van der Waals surface area contributed by atoms with Gasteiger partial charge in [-0.05, 0) is 0 Å². The quantitative estimate of drug-likeness (QED) is 0.512. The van der Waals surface area contributed by atoms with Crippen LogP contribution < -0.4 is 5.32 Å². The molecular weight excluding hydrogens is 126 g/mol. The molecule has 2 aliphatic rings. The Bertz CT molecular complexity index is 72.9. The molecule has 0 aromatic heterocycles. The molecule has 0 atom stereocenters. The highest BCUT2D eigenvalue weighted by atomic mass is 35.5. The predicted molar refractivity (Wildman–Crippen MR) is 33.4 cm³/mol. The van der Waals surface area contributed by atoms with Gasteiger partial charge in [0.15, 0.2) is 0 Å². The lowest BCUT2D eigenvalue weighted by Gasteiger charge is -2.49. The molecule has 0 unspecified atom stereocenters. The smallest absolute Gasteiger partial charge is 0.0951 e. The Balaban J connectivity index is 0.000000320. The van der Waals surface area contributed by atoms with Crippen LogP contribution >= 0.6 is 12.4 Å². The fourth-order valence-corrected chi connectivity index (χ4v) is 1.07. The van der Waals surface area contributed by atoms with E-state index in [1.54, 1.807) is 0 Å². The summed E-state index contributed by atoms with van der Waals surface area (Å²) >= 11 is 0. The zero-order valence-corrected chi connectivity index (χ0v) is 5.46. The fourth-order valence-electron chi connectivity index (χ4n) is 1.07. The highest BCUT2D eigenvalue weighted by Crippen LogP contribution is 2.29. The van der Waals surface area contributed by atoms with Crippen molar-refractivity contribution in [2.75, 3.05) is 19.7 Å². The van der Waals surface area contributed by atoms with E-state index >= 15 is 0 Å². The van der Waals surface area contributed by atoms with Gasteiger partial charge in [0.25, 0.3) is 0 Å². The second-order valence-corrected chi connectivity index (χ2v) is 2.39. The molecule has 0 saturated carbocycles. The molecule has 2 rings (SSSR count). The minimum absolute atomic E-state index is 0. The number of halogens is 1. The van der Waals surface area contributed by atoms with Gasteiger partial charge >= 0.3 is 0 Å². The Labute approximate surface area is 55.0 Å². The largest absolute Gasteiger partial charge is 0.372 e. The predicted octanol–water partition coefficient (Wildman–Crippen LogP) is 0.170. The lowest BCUT2D eigenvalue weighted by atomic mass is 9.89. The molecule has 0 radical (unpaired) electrons. The molecule has 2 saturated heterocycles. The number of hydrogen-bond donors (Lipinski definition) is 1.